The molecule has 1 unspecified atom stereocenters. The number of methoxy groups -OCH3 is 1. The Kier molecular flexibility index (Phi) is 5.89. The average molecular weight is 507 g/mol. The fourth-order valence-electron chi connectivity index (χ4n) is 4.12. The Balaban J connectivity index is 1.71. The van der Waals surface area contributed by atoms with Crippen LogP contribution in [0.2, 0.25) is 0 Å². The van der Waals surface area contributed by atoms with Crippen molar-refractivity contribution in [1.82, 2.24) is 4.98 Å². The molecule has 1 aliphatic heterocycles. The topological polar surface area (TPSA) is 98.9 Å². The Hall–Kier alpha value is -4.31. The van der Waals surface area contributed by atoms with Gasteiger partial charge in [0, 0.05) is 0 Å². The van der Waals surface area contributed by atoms with Crippen LogP contribution in [-0.2, 0) is 4.74 Å². The number of benzene rings is 2. The van der Waals surface area contributed by atoms with E-state index in [9.17, 15) is 18.8 Å². The zero-order valence-electron chi connectivity index (χ0n) is 19.2. The summed E-state index contributed by atoms with van der Waals surface area (Å²) >= 11 is 0.965. The van der Waals surface area contributed by atoms with Crippen LogP contribution in [0, 0.1) is 12.7 Å². The van der Waals surface area contributed by atoms with Gasteiger partial charge in [-0.15, -0.1) is 0 Å². The molecule has 0 bridgehead atoms. The number of esters is 1. The highest BCUT2D eigenvalue weighted by molar-refractivity contribution is 7.17. The van der Waals surface area contributed by atoms with Gasteiger partial charge in [-0.2, -0.15) is 0 Å². The predicted octanol–water partition coefficient (Wildman–Crippen LogP) is 4.80. The maximum Gasteiger partial charge on any atom is 0.350 e. The fraction of sp³-hybridized carbons (Fsp3) is 0.154. The second kappa shape index (κ2) is 9.04. The summed E-state index contributed by atoms with van der Waals surface area (Å²) < 4.78 is 30.2. The van der Waals surface area contributed by atoms with E-state index in [0.717, 1.165) is 23.5 Å². The molecular formula is C26H19FN2O6S. The number of hydrogen-bond donors (Lipinski definition) is 0. The third-order valence-corrected chi connectivity index (χ3v) is 6.91. The number of halogens is 1. The van der Waals surface area contributed by atoms with Crippen molar-refractivity contribution >= 4 is 39.3 Å². The molecule has 2 aromatic heterocycles. The van der Waals surface area contributed by atoms with E-state index in [2.05, 4.69) is 11.6 Å². The number of aryl methyl sites for hydroxylation is 1. The monoisotopic (exact) mass is 506 g/mol. The van der Waals surface area contributed by atoms with Crippen LogP contribution in [-0.4, -0.2) is 30.6 Å². The maximum atomic E-state index is 14.0. The van der Waals surface area contributed by atoms with Crippen LogP contribution < -0.4 is 15.1 Å². The number of carbonyl (C=O) groups excluding carboxylic acids is 2. The van der Waals surface area contributed by atoms with Gasteiger partial charge in [0.15, 0.2) is 10.6 Å². The Labute approximate surface area is 208 Å². The SMILES string of the molecule is C=CCOC(=O)c1sc(N2C(=O)c3oc4ccc(F)cc4c(=O)c3C2c2ccc(OC)cc2)nc1C. The quantitative estimate of drug-likeness (QED) is 0.274. The summed E-state index contributed by atoms with van der Waals surface area (Å²) in [4.78, 5) is 45.7. The molecule has 10 heteroatoms. The van der Waals surface area contributed by atoms with E-state index in [0.29, 0.717) is 17.0 Å². The summed E-state index contributed by atoms with van der Waals surface area (Å²) in [5, 5.41) is 0.204. The van der Waals surface area contributed by atoms with Gasteiger partial charge in [0.1, 0.15) is 28.6 Å². The van der Waals surface area contributed by atoms with E-state index in [1.165, 1.54) is 24.2 Å². The number of ether oxygens (including phenoxy) is 2. The minimum Gasteiger partial charge on any atom is -0.497 e. The summed E-state index contributed by atoms with van der Waals surface area (Å²) in [6.45, 7) is 5.18. The van der Waals surface area contributed by atoms with Crippen molar-refractivity contribution in [2.24, 2.45) is 0 Å². The normalized spacial score (nSPS) is 14.7. The van der Waals surface area contributed by atoms with Crippen molar-refractivity contribution in [3.63, 3.8) is 0 Å². The minimum atomic E-state index is -0.926. The molecule has 1 amide bonds. The summed E-state index contributed by atoms with van der Waals surface area (Å²) in [7, 11) is 1.52. The highest BCUT2D eigenvalue weighted by Gasteiger charge is 2.45. The van der Waals surface area contributed by atoms with Crippen LogP contribution in [0.25, 0.3) is 11.0 Å². The van der Waals surface area contributed by atoms with Crippen molar-refractivity contribution in [2.75, 3.05) is 18.6 Å². The van der Waals surface area contributed by atoms with Gasteiger partial charge in [0.25, 0.3) is 5.91 Å². The molecule has 0 fully saturated rings. The van der Waals surface area contributed by atoms with Gasteiger partial charge in [0.05, 0.1) is 29.8 Å². The summed E-state index contributed by atoms with van der Waals surface area (Å²) in [5.74, 6) is -1.39. The molecular weight excluding hydrogens is 487 g/mol. The number of amides is 1. The second-order valence-electron chi connectivity index (χ2n) is 7.96. The van der Waals surface area contributed by atoms with Crippen LogP contribution in [0.4, 0.5) is 9.52 Å². The molecule has 36 heavy (non-hydrogen) atoms. The highest BCUT2D eigenvalue weighted by Crippen LogP contribution is 2.43. The van der Waals surface area contributed by atoms with E-state index in [1.807, 2.05) is 0 Å². The van der Waals surface area contributed by atoms with Crippen LogP contribution in [0.5, 0.6) is 5.75 Å². The van der Waals surface area contributed by atoms with Crippen LogP contribution >= 0.6 is 11.3 Å². The third kappa shape index (κ3) is 3.75. The van der Waals surface area contributed by atoms with Gasteiger partial charge in [-0.05, 0) is 42.8 Å². The Morgan fingerprint density at radius 1 is 1.25 bits per heavy atom. The number of thiazole rings is 1. The standard InChI is InChI=1S/C26H19FN2O6S/c1-4-11-34-25(32)23-13(2)28-26(36-23)29-20(14-5-8-16(33-3)9-6-14)19-21(30)17-12-15(27)7-10-18(17)35-22(19)24(29)31/h4-10,12,20H,1,11H2,2-3H3. The lowest BCUT2D eigenvalue weighted by Crippen LogP contribution is -2.29. The van der Waals surface area contributed by atoms with Crippen molar-refractivity contribution < 1.29 is 27.9 Å². The molecule has 1 atom stereocenters. The van der Waals surface area contributed by atoms with Crippen molar-refractivity contribution in [3.05, 3.63) is 98.6 Å². The number of nitrogens with zero attached hydrogens (tertiary/aromatic N) is 2. The van der Waals surface area contributed by atoms with Gasteiger partial charge in [-0.3, -0.25) is 14.5 Å². The molecule has 0 N–H and O–H groups in total. The third-order valence-electron chi connectivity index (χ3n) is 5.77. The Morgan fingerprint density at radius 3 is 2.69 bits per heavy atom. The van der Waals surface area contributed by atoms with Crippen molar-refractivity contribution in [2.45, 2.75) is 13.0 Å². The van der Waals surface area contributed by atoms with Crippen LogP contribution in [0.1, 0.15) is 43.1 Å². The van der Waals surface area contributed by atoms with Crippen molar-refractivity contribution in [3.8, 4) is 5.75 Å². The molecule has 182 valence electrons. The van der Waals surface area contributed by atoms with E-state index in [4.69, 9.17) is 13.9 Å². The summed E-state index contributed by atoms with van der Waals surface area (Å²) in [6.07, 6.45) is 1.44. The molecule has 8 nitrogen and oxygen atoms in total. The first-order valence-corrected chi connectivity index (χ1v) is 11.6. The molecule has 1 aliphatic rings. The molecule has 0 spiro atoms. The summed E-state index contributed by atoms with van der Waals surface area (Å²) in [5.41, 5.74) is 0.573. The number of hydrogen-bond acceptors (Lipinski definition) is 8. The Bertz CT molecular complexity index is 1590. The first-order valence-electron chi connectivity index (χ1n) is 10.8. The van der Waals surface area contributed by atoms with E-state index in [1.54, 1.807) is 31.2 Å². The van der Waals surface area contributed by atoms with E-state index in [-0.39, 0.29) is 38.9 Å². The highest BCUT2D eigenvalue weighted by atomic mass is 32.1. The van der Waals surface area contributed by atoms with Gasteiger partial charge >= 0.3 is 5.97 Å². The zero-order chi connectivity index (χ0) is 25.6. The van der Waals surface area contributed by atoms with Gasteiger partial charge < -0.3 is 13.9 Å². The molecule has 5 rings (SSSR count). The minimum absolute atomic E-state index is 0.0194. The first-order chi connectivity index (χ1) is 17.3. The lowest BCUT2D eigenvalue weighted by Gasteiger charge is -2.22. The van der Waals surface area contributed by atoms with E-state index >= 15 is 0 Å². The molecule has 0 radical (unpaired) electrons. The second-order valence-corrected chi connectivity index (χ2v) is 8.94. The maximum absolute atomic E-state index is 14.0. The van der Waals surface area contributed by atoms with Crippen LogP contribution in [0.3, 0.4) is 0 Å². The number of aromatic nitrogens is 1. The largest absolute Gasteiger partial charge is 0.497 e. The number of anilines is 1. The van der Waals surface area contributed by atoms with Crippen LogP contribution in [0.15, 0.2) is 64.3 Å². The molecule has 2 aromatic carbocycles. The van der Waals surface area contributed by atoms with Crippen molar-refractivity contribution in [1.29, 1.82) is 0 Å². The van der Waals surface area contributed by atoms with Gasteiger partial charge in [-0.25, -0.2) is 14.2 Å². The van der Waals surface area contributed by atoms with Gasteiger partial charge in [-0.1, -0.05) is 36.1 Å². The fourth-order valence-corrected chi connectivity index (χ4v) is 5.11. The van der Waals surface area contributed by atoms with E-state index < -0.39 is 29.2 Å². The number of rotatable bonds is 6. The Morgan fingerprint density at radius 2 is 2.00 bits per heavy atom. The lowest BCUT2D eigenvalue weighted by molar-refractivity contribution is 0.0554. The lowest BCUT2D eigenvalue weighted by atomic mass is 9.98. The average Bonchev–Trinajstić information content (AvgIpc) is 3.40. The molecule has 0 aliphatic carbocycles. The first kappa shape index (κ1) is 23.4. The van der Waals surface area contributed by atoms with Gasteiger partial charge in [0.2, 0.25) is 5.76 Å². The molecule has 4 aromatic rings. The number of fused-ring (bicyclic) bond motifs is 2. The predicted molar refractivity (Wildman–Crippen MR) is 131 cm³/mol. The smallest absolute Gasteiger partial charge is 0.350 e. The molecule has 0 saturated carbocycles. The summed E-state index contributed by atoms with van der Waals surface area (Å²) in [6, 6.07) is 9.45. The number of carbonyl (C=O) groups is 2. The zero-order valence-corrected chi connectivity index (χ0v) is 20.1. The molecule has 0 saturated heterocycles. The molecule has 3 heterocycles.